The SMILES string of the molecule is O=[N+]([O-])c1ccc2oc(-c3cncc(Br)c3)nc2c1. The molecule has 0 aliphatic carbocycles. The molecule has 0 fully saturated rings. The Hall–Kier alpha value is -2.28. The smallest absolute Gasteiger partial charge is 0.271 e. The number of nitro benzene ring substituents is 1. The van der Waals surface area contributed by atoms with E-state index in [9.17, 15) is 10.1 Å². The molecule has 6 nitrogen and oxygen atoms in total. The number of aromatic nitrogens is 2. The Morgan fingerprint density at radius 2 is 2.11 bits per heavy atom. The monoisotopic (exact) mass is 319 g/mol. The van der Waals surface area contributed by atoms with E-state index in [1.165, 1.54) is 18.2 Å². The molecule has 0 aliphatic heterocycles. The van der Waals surface area contributed by atoms with Gasteiger partial charge in [-0.25, -0.2) is 4.98 Å². The van der Waals surface area contributed by atoms with E-state index < -0.39 is 4.92 Å². The molecule has 0 saturated heterocycles. The maximum absolute atomic E-state index is 10.7. The van der Waals surface area contributed by atoms with E-state index in [0.29, 0.717) is 22.6 Å². The largest absolute Gasteiger partial charge is 0.436 e. The fourth-order valence-corrected chi connectivity index (χ4v) is 2.05. The molecule has 7 heteroatoms. The Kier molecular flexibility index (Phi) is 2.75. The average Bonchev–Trinajstić information content (AvgIpc) is 2.81. The predicted molar refractivity (Wildman–Crippen MR) is 71.6 cm³/mol. The summed E-state index contributed by atoms with van der Waals surface area (Å²) in [5.41, 5.74) is 1.64. The van der Waals surface area contributed by atoms with E-state index in [1.54, 1.807) is 12.4 Å². The molecule has 3 aromatic rings. The van der Waals surface area contributed by atoms with Crippen molar-refractivity contribution in [2.45, 2.75) is 0 Å². The lowest BCUT2D eigenvalue weighted by molar-refractivity contribution is -0.384. The second kappa shape index (κ2) is 4.43. The first kappa shape index (κ1) is 11.8. The van der Waals surface area contributed by atoms with Crippen LogP contribution in [0, 0.1) is 10.1 Å². The molecule has 2 aromatic heterocycles. The van der Waals surface area contributed by atoms with E-state index >= 15 is 0 Å². The lowest BCUT2D eigenvalue weighted by Gasteiger charge is -1.94. The van der Waals surface area contributed by atoms with Crippen LogP contribution in [0.15, 0.2) is 45.5 Å². The number of hydrogen-bond donors (Lipinski definition) is 0. The molecule has 19 heavy (non-hydrogen) atoms. The summed E-state index contributed by atoms with van der Waals surface area (Å²) in [5, 5.41) is 10.7. The highest BCUT2D eigenvalue weighted by Crippen LogP contribution is 2.27. The van der Waals surface area contributed by atoms with Gasteiger partial charge in [0.1, 0.15) is 5.52 Å². The number of hydrogen-bond acceptors (Lipinski definition) is 5. The van der Waals surface area contributed by atoms with Crippen LogP contribution in [-0.4, -0.2) is 14.9 Å². The number of pyridine rings is 1. The summed E-state index contributed by atoms with van der Waals surface area (Å²) in [6.45, 7) is 0. The van der Waals surface area contributed by atoms with Crippen LogP contribution >= 0.6 is 15.9 Å². The van der Waals surface area contributed by atoms with Gasteiger partial charge in [-0.05, 0) is 28.1 Å². The maximum atomic E-state index is 10.7. The molecule has 0 saturated carbocycles. The molecule has 94 valence electrons. The van der Waals surface area contributed by atoms with Gasteiger partial charge in [0, 0.05) is 29.0 Å². The number of fused-ring (bicyclic) bond motifs is 1. The van der Waals surface area contributed by atoms with Crippen molar-refractivity contribution in [2.75, 3.05) is 0 Å². The number of oxazole rings is 1. The summed E-state index contributed by atoms with van der Waals surface area (Å²) in [5.74, 6) is 0.379. The number of rotatable bonds is 2. The summed E-state index contributed by atoms with van der Waals surface area (Å²) < 4.78 is 6.35. The normalized spacial score (nSPS) is 10.8. The van der Waals surface area contributed by atoms with E-state index in [1.807, 2.05) is 6.07 Å². The summed E-state index contributed by atoms with van der Waals surface area (Å²) in [6.07, 6.45) is 3.26. The second-order valence-electron chi connectivity index (χ2n) is 3.82. The third-order valence-electron chi connectivity index (χ3n) is 2.53. The van der Waals surface area contributed by atoms with Crippen molar-refractivity contribution in [3.05, 3.63) is 51.2 Å². The minimum Gasteiger partial charge on any atom is -0.436 e. The quantitative estimate of drug-likeness (QED) is 0.532. The van der Waals surface area contributed by atoms with Gasteiger partial charge in [-0.3, -0.25) is 15.1 Å². The van der Waals surface area contributed by atoms with Crippen LogP contribution in [0.25, 0.3) is 22.6 Å². The molecule has 0 bridgehead atoms. The first-order valence-corrected chi connectivity index (χ1v) is 6.09. The molecule has 0 atom stereocenters. The molecule has 0 amide bonds. The zero-order valence-corrected chi connectivity index (χ0v) is 11.0. The van der Waals surface area contributed by atoms with Gasteiger partial charge in [-0.1, -0.05) is 0 Å². The van der Waals surface area contributed by atoms with Crippen LogP contribution in [0.1, 0.15) is 0 Å². The molecule has 0 radical (unpaired) electrons. The topological polar surface area (TPSA) is 82.1 Å². The lowest BCUT2D eigenvalue weighted by atomic mass is 10.3. The van der Waals surface area contributed by atoms with Crippen LogP contribution in [-0.2, 0) is 0 Å². The van der Waals surface area contributed by atoms with Crippen molar-refractivity contribution in [3.8, 4) is 11.5 Å². The van der Waals surface area contributed by atoms with Crippen LogP contribution in [0.2, 0.25) is 0 Å². The third-order valence-corrected chi connectivity index (χ3v) is 2.97. The van der Waals surface area contributed by atoms with Crippen molar-refractivity contribution in [3.63, 3.8) is 0 Å². The highest BCUT2D eigenvalue weighted by Gasteiger charge is 2.13. The molecule has 0 aliphatic rings. The summed E-state index contributed by atoms with van der Waals surface area (Å²) in [7, 11) is 0. The van der Waals surface area contributed by atoms with Gasteiger partial charge in [0.15, 0.2) is 5.58 Å². The Morgan fingerprint density at radius 3 is 2.84 bits per heavy atom. The van der Waals surface area contributed by atoms with Crippen molar-refractivity contribution >= 4 is 32.7 Å². The average molecular weight is 320 g/mol. The molecule has 0 unspecified atom stereocenters. The Bertz CT molecular complexity index is 785. The standard InChI is InChI=1S/C12H6BrN3O3/c13-8-3-7(5-14-6-8)12-15-10-4-9(16(17)18)1-2-11(10)19-12/h1-6H. The van der Waals surface area contributed by atoms with Gasteiger partial charge in [-0.15, -0.1) is 0 Å². The summed E-state index contributed by atoms with van der Waals surface area (Å²) in [4.78, 5) is 18.5. The molecular weight excluding hydrogens is 314 g/mol. The highest BCUT2D eigenvalue weighted by atomic mass is 79.9. The maximum Gasteiger partial charge on any atom is 0.271 e. The van der Waals surface area contributed by atoms with E-state index in [2.05, 4.69) is 25.9 Å². The van der Waals surface area contributed by atoms with Crippen LogP contribution in [0.5, 0.6) is 0 Å². The minimum absolute atomic E-state index is 0.0142. The molecule has 0 N–H and O–H groups in total. The van der Waals surface area contributed by atoms with Gasteiger partial charge in [-0.2, -0.15) is 0 Å². The van der Waals surface area contributed by atoms with Crippen molar-refractivity contribution in [1.29, 1.82) is 0 Å². The molecule has 0 spiro atoms. The fourth-order valence-electron chi connectivity index (χ4n) is 1.68. The Balaban J connectivity index is 2.14. The lowest BCUT2D eigenvalue weighted by Crippen LogP contribution is -1.86. The molecule has 1 aromatic carbocycles. The van der Waals surface area contributed by atoms with Crippen LogP contribution < -0.4 is 0 Å². The molecule has 3 rings (SSSR count). The van der Waals surface area contributed by atoms with Crippen molar-refractivity contribution < 1.29 is 9.34 Å². The van der Waals surface area contributed by atoms with Gasteiger partial charge >= 0.3 is 0 Å². The van der Waals surface area contributed by atoms with E-state index in [0.717, 1.165) is 4.47 Å². The van der Waals surface area contributed by atoms with Gasteiger partial charge < -0.3 is 4.42 Å². The number of benzene rings is 1. The first-order valence-electron chi connectivity index (χ1n) is 5.29. The zero-order valence-electron chi connectivity index (χ0n) is 9.41. The zero-order chi connectivity index (χ0) is 13.4. The van der Waals surface area contributed by atoms with Gasteiger partial charge in [0.05, 0.1) is 10.5 Å². The van der Waals surface area contributed by atoms with E-state index in [4.69, 9.17) is 4.42 Å². The first-order chi connectivity index (χ1) is 9.13. The Morgan fingerprint density at radius 1 is 1.26 bits per heavy atom. The number of non-ortho nitro benzene ring substituents is 1. The van der Waals surface area contributed by atoms with Gasteiger partial charge in [0.2, 0.25) is 5.89 Å². The predicted octanol–water partition coefficient (Wildman–Crippen LogP) is 3.56. The van der Waals surface area contributed by atoms with E-state index in [-0.39, 0.29) is 5.69 Å². The minimum atomic E-state index is -0.464. The number of nitro groups is 1. The molecule has 2 heterocycles. The summed E-state index contributed by atoms with van der Waals surface area (Å²) in [6, 6.07) is 6.12. The highest BCUT2D eigenvalue weighted by molar-refractivity contribution is 9.10. The second-order valence-corrected chi connectivity index (χ2v) is 4.74. The summed E-state index contributed by atoms with van der Waals surface area (Å²) >= 11 is 3.31. The van der Waals surface area contributed by atoms with Crippen molar-refractivity contribution in [2.24, 2.45) is 0 Å². The third kappa shape index (κ3) is 2.19. The number of halogens is 1. The van der Waals surface area contributed by atoms with Crippen LogP contribution in [0.4, 0.5) is 5.69 Å². The fraction of sp³-hybridized carbons (Fsp3) is 0. The van der Waals surface area contributed by atoms with Crippen molar-refractivity contribution in [1.82, 2.24) is 9.97 Å². The molecular formula is C12H6BrN3O3. The Labute approximate surface area is 115 Å². The van der Waals surface area contributed by atoms with Gasteiger partial charge in [0.25, 0.3) is 5.69 Å². The number of nitrogens with zero attached hydrogens (tertiary/aromatic N) is 3. The van der Waals surface area contributed by atoms with Crippen LogP contribution in [0.3, 0.4) is 0 Å².